The quantitative estimate of drug-likeness (QED) is 0.695. The molecular formula is C14H25N3O5S. The lowest BCUT2D eigenvalue weighted by atomic mass is 9.99. The molecule has 0 bridgehead atoms. The Kier molecular flexibility index (Phi) is 5.99. The van der Waals surface area contributed by atoms with Crippen LogP contribution in [-0.4, -0.2) is 61.2 Å². The highest BCUT2D eigenvalue weighted by Gasteiger charge is 2.42. The van der Waals surface area contributed by atoms with Gasteiger partial charge in [-0.3, -0.25) is 9.59 Å². The van der Waals surface area contributed by atoms with Crippen LogP contribution in [-0.2, 0) is 24.5 Å². The minimum absolute atomic E-state index is 0.0870. The second kappa shape index (κ2) is 7.59. The first-order chi connectivity index (χ1) is 10.9. The maximum absolute atomic E-state index is 12.9. The zero-order valence-corrected chi connectivity index (χ0v) is 14.3. The second-order valence-corrected chi connectivity index (χ2v) is 7.86. The predicted octanol–water partition coefficient (Wildman–Crippen LogP) is -0.154. The summed E-state index contributed by atoms with van der Waals surface area (Å²) >= 11 is 0. The van der Waals surface area contributed by atoms with E-state index in [4.69, 9.17) is 10.5 Å². The van der Waals surface area contributed by atoms with Gasteiger partial charge in [0.2, 0.25) is 5.91 Å². The number of amides is 1. The molecule has 0 saturated carbocycles. The van der Waals surface area contributed by atoms with Crippen molar-refractivity contribution in [3.63, 3.8) is 0 Å². The first-order valence-corrected chi connectivity index (χ1v) is 9.50. The minimum Gasteiger partial charge on any atom is -0.465 e. The fourth-order valence-corrected chi connectivity index (χ4v) is 5.09. The lowest BCUT2D eigenvalue weighted by Crippen LogP contribution is -2.56. The molecule has 2 heterocycles. The van der Waals surface area contributed by atoms with Gasteiger partial charge in [-0.2, -0.15) is 17.0 Å². The van der Waals surface area contributed by atoms with Gasteiger partial charge in [-0.25, -0.2) is 0 Å². The third kappa shape index (κ3) is 4.02. The molecule has 9 heteroatoms. The lowest BCUT2D eigenvalue weighted by Gasteiger charge is -2.39. The number of hydrogen-bond donors (Lipinski definition) is 1. The average Bonchev–Trinajstić information content (AvgIpc) is 2.55. The summed E-state index contributed by atoms with van der Waals surface area (Å²) in [5.41, 5.74) is 5.32. The number of piperidine rings is 2. The fraction of sp³-hybridized carbons (Fsp3) is 0.857. The minimum atomic E-state index is -3.81. The Morgan fingerprint density at radius 1 is 1.17 bits per heavy atom. The van der Waals surface area contributed by atoms with E-state index in [1.807, 2.05) is 0 Å². The van der Waals surface area contributed by atoms with Crippen LogP contribution < -0.4 is 5.73 Å². The fourth-order valence-electron chi connectivity index (χ4n) is 3.19. The standard InChI is InChI=1S/C14H25N3O5S/c1-2-22-14(19)12-7-3-4-9-17(12)23(20,21)16-8-5-6-11(10-16)13(15)18/h11-12H,2-10H2,1H3,(H2,15,18)/t11-,12+/m1/s1. The third-order valence-electron chi connectivity index (χ3n) is 4.42. The summed E-state index contributed by atoms with van der Waals surface area (Å²) in [6, 6.07) is -0.775. The summed E-state index contributed by atoms with van der Waals surface area (Å²) < 4.78 is 33.4. The Morgan fingerprint density at radius 2 is 1.91 bits per heavy atom. The number of carbonyl (C=O) groups excluding carboxylic acids is 2. The highest BCUT2D eigenvalue weighted by Crippen LogP contribution is 2.27. The van der Waals surface area contributed by atoms with E-state index in [0.29, 0.717) is 38.8 Å². The highest BCUT2D eigenvalue weighted by atomic mass is 32.2. The van der Waals surface area contributed by atoms with Crippen molar-refractivity contribution >= 4 is 22.1 Å². The van der Waals surface area contributed by atoms with Crippen molar-refractivity contribution in [3.05, 3.63) is 0 Å². The van der Waals surface area contributed by atoms with E-state index >= 15 is 0 Å². The Morgan fingerprint density at radius 3 is 2.57 bits per heavy atom. The number of carbonyl (C=O) groups is 2. The van der Waals surface area contributed by atoms with E-state index in [9.17, 15) is 18.0 Å². The topological polar surface area (TPSA) is 110 Å². The van der Waals surface area contributed by atoms with Crippen LogP contribution in [0.2, 0.25) is 0 Å². The maximum Gasteiger partial charge on any atom is 0.324 e. The Hall–Kier alpha value is -1.19. The molecule has 2 rings (SSSR count). The number of ether oxygens (including phenoxy) is 1. The zero-order valence-electron chi connectivity index (χ0n) is 13.4. The van der Waals surface area contributed by atoms with Crippen molar-refractivity contribution in [1.29, 1.82) is 0 Å². The maximum atomic E-state index is 12.9. The summed E-state index contributed by atoms with van der Waals surface area (Å²) in [6.07, 6.45) is 3.15. The van der Waals surface area contributed by atoms with Crippen LogP contribution in [0.5, 0.6) is 0 Å². The van der Waals surface area contributed by atoms with Gasteiger partial charge in [0.25, 0.3) is 10.2 Å². The molecule has 2 aliphatic heterocycles. The molecule has 2 aliphatic rings. The van der Waals surface area contributed by atoms with Gasteiger partial charge in [-0.1, -0.05) is 0 Å². The SMILES string of the molecule is CCOC(=O)[C@@H]1CCCCN1S(=O)(=O)N1CCC[C@@H](C(N)=O)C1. The molecule has 2 atom stereocenters. The number of primary amides is 1. The van der Waals surface area contributed by atoms with Crippen LogP contribution in [0.3, 0.4) is 0 Å². The van der Waals surface area contributed by atoms with Gasteiger partial charge in [-0.05, 0) is 39.0 Å². The van der Waals surface area contributed by atoms with E-state index < -0.39 is 34.0 Å². The first kappa shape index (κ1) is 18.2. The molecule has 0 aromatic rings. The van der Waals surface area contributed by atoms with E-state index in [2.05, 4.69) is 0 Å². The molecule has 2 N–H and O–H groups in total. The van der Waals surface area contributed by atoms with Crippen molar-refractivity contribution in [2.75, 3.05) is 26.2 Å². The van der Waals surface area contributed by atoms with Crippen LogP contribution in [0.4, 0.5) is 0 Å². The van der Waals surface area contributed by atoms with E-state index in [1.165, 1.54) is 8.61 Å². The average molecular weight is 347 g/mol. The summed E-state index contributed by atoms with van der Waals surface area (Å²) in [7, 11) is -3.81. The number of rotatable bonds is 5. The zero-order chi connectivity index (χ0) is 17.0. The van der Waals surface area contributed by atoms with E-state index in [0.717, 1.165) is 6.42 Å². The van der Waals surface area contributed by atoms with Crippen molar-refractivity contribution in [3.8, 4) is 0 Å². The summed E-state index contributed by atoms with van der Waals surface area (Å²) in [5, 5.41) is 0. The monoisotopic (exact) mass is 347 g/mol. The smallest absolute Gasteiger partial charge is 0.324 e. The van der Waals surface area contributed by atoms with Gasteiger partial charge in [0.15, 0.2) is 0 Å². The van der Waals surface area contributed by atoms with Crippen LogP contribution in [0.1, 0.15) is 39.0 Å². The molecule has 2 saturated heterocycles. The largest absolute Gasteiger partial charge is 0.465 e. The Bertz CT molecular complexity index is 551. The number of esters is 1. The predicted molar refractivity (Wildman–Crippen MR) is 83.4 cm³/mol. The van der Waals surface area contributed by atoms with Crippen LogP contribution in [0.25, 0.3) is 0 Å². The third-order valence-corrected chi connectivity index (χ3v) is 6.44. The molecule has 132 valence electrons. The summed E-state index contributed by atoms with van der Waals surface area (Å²) in [4.78, 5) is 23.5. The Labute approximate surface area is 137 Å². The van der Waals surface area contributed by atoms with Gasteiger partial charge in [0, 0.05) is 19.6 Å². The normalized spacial score (nSPS) is 27.5. The molecule has 1 amide bonds. The summed E-state index contributed by atoms with van der Waals surface area (Å²) in [6.45, 7) is 2.64. The molecule has 0 aromatic heterocycles. The number of nitrogens with zero attached hydrogens (tertiary/aromatic N) is 2. The first-order valence-electron chi connectivity index (χ1n) is 8.10. The van der Waals surface area contributed by atoms with E-state index in [1.54, 1.807) is 6.92 Å². The van der Waals surface area contributed by atoms with Gasteiger partial charge in [-0.15, -0.1) is 0 Å². The molecule has 0 spiro atoms. The molecule has 0 aliphatic carbocycles. The van der Waals surface area contributed by atoms with Gasteiger partial charge >= 0.3 is 5.97 Å². The Balaban J connectivity index is 2.18. The van der Waals surface area contributed by atoms with Gasteiger partial charge in [0.05, 0.1) is 12.5 Å². The number of hydrogen-bond acceptors (Lipinski definition) is 5. The summed E-state index contributed by atoms with van der Waals surface area (Å²) in [5.74, 6) is -1.45. The molecule has 0 aromatic carbocycles. The molecule has 0 unspecified atom stereocenters. The molecule has 23 heavy (non-hydrogen) atoms. The van der Waals surface area contributed by atoms with Crippen molar-refractivity contribution in [1.82, 2.24) is 8.61 Å². The van der Waals surface area contributed by atoms with Crippen LogP contribution in [0, 0.1) is 5.92 Å². The van der Waals surface area contributed by atoms with Crippen LogP contribution >= 0.6 is 0 Å². The number of nitrogens with two attached hydrogens (primary N) is 1. The van der Waals surface area contributed by atoms with E-state index in [-0.39, 0.29) is 13.2 Å². The van der Waals surface area contributed by atoms with Crippen molar-refractivity contribution in [2.45, 2.75) is 45.1 Å². The lowest BCUT2D eigenvalue weighted by molar-refractivity contribution is -0.148. The van der Waals surface area contributed by atoms with Gasteiger partial charge in [0.1, 0.15) is 6.04 Å². The van der Waals surface area contributed by atoms with Crippen molar-refractivity contribution < 1.29 is 22.7 Å². The highest BCUT2D eigenvalue weighted by molar-refractivity contribution is 7.86. The van der Waals surface area contributed by atoms with Gasteiger partial charge < -0.3 is 10.5 Å². The molecule has 0 radical (unpaired) electrons. The molecule has 8 nitrogen and oxygen atoms in total. The van der Waals surface area contributed by atoms with Crippen LogP contribution in [0.15, 0.2) is 0 Å². The second-order valence-electron chi connectivity index (χ2n) is 5.98. The van der Waals surface area contributed by atoms with Crippen molar-refractivity contribution in [2.24, 2.45) is 11.7 Å². The molecular weight excluding hydrogens is 322 g/mol. The molecule has 2 fully saturated rings.